The summed E-state index contributed by atoms with van der Waals surface area (Å²) >= 11 is 0. The number of ether oxygens (including phenoxy) is 1. The molecular formula is C9H9FO2. The lowest BCUT2D eigenvalue weighted by atomic mass is 10.1. The minimum absolute atomic E-state index is 0.199. The van der Waals surface area contributed by atoms with Crippen LogP contribution in [0.2, 0.25) is 0 Å². The third-order valence-corrected chi connectivity index (χ3v) is 1.54. The first kappa shape index (κ1) is 8.71. The Labute approximate surface area is 70.0 Å². The second-order valence-electron chi connectivity index (χ2n) is 2.34. The van der Waals surface area contributed by atoms with Gasteiger partial charge < -0.3 is 9.53 Å². The van der Waals surface area contributed by atoms with Crippen LogP contribution in [-0.2, 0) is 11.2 Å². The van der Waals surface area contributed by atoms with E-state index in [1.807, 2.05) is 0 Å². The van der Waals surface area contributed by atoms with Gasteiger partial charge in [-0.1, -0.05) is 6.07 Å². The molecule has 0 heterocycles. The molecule has 0 unspecified atom stereocenters. The van der Waals surface area contributed by atoms with Gasteiger partial charge in [0.2, 0.25) is 0 Å². The standard InChI is InChI=1S/C9H9FO2/c1-12-9-3-2-7(4-5-11)6-8(9)10/h2-3,5-6H,4H2,1H3. The van der Waals surface area contributed by atoms with Gasteiger partial charge in [0.25, 0.3) is 0 Å². The van der Waals surface area contributed by atoms with Crippen molar-refractivity contribution in [1.29, 1.82) is 0 Å². The maximum absolute atomic E-state index is 12.9. The molecule has 2 nitrogen and oxygen atoms in total. The topological polar surface area (TPSA) is 26.3 Å². The fraction of sp³-hybridized carbons (Fsp3) is 0.222. The SMILES string of the molecule is COc1ccc(CC=O)cc1F. The van der Waals surface area contributed by atoms with Gasteiger partial charge >= 0.3 is 0 Å². The molecule has 1 aromatic rings. The minimum atomic E-state index is -0.433. The van der Waals surface area contributed by atoms with Crippen LogP contribution in [0.25, 0.3) is 0 Å². The molecule has 0 aromatic heterocycles. The average molecular weight is 168 g/mol. The average Bonchev–Trinajstić information content (AvgIpc) is 2.05. The Kier molecular flexibility index (Phi) is 2.80. The first-order chi connectivity index (χ1) is 5.77. The van der Waals surface area contributed by atoms with Crippen molar-refractivity contribution in [2.75, 3.05) is 7.11 Å². The van der Waals surface area contributed by atoms with E-state index < -0.39 is 5.82 Å². The summed E-state index contributed by atoms with van der Waals surface area (Å²) in [4.78, 5) is 10.1. The molecule has 0 saturated heterocycles. The molecule has 0 aliphatic carbocycles. The predicted molar refractivity (Wildman–Crippen MR) is 42.7 cm³/mol. The van der Waals surface area contributed by atoms with E-state index in [1.54, 1.807) is 6.07 Å². The third-order valence-electron chi connectivity index (χ3n) is 1.54. The molecule has 0 spiro atoms. The molecule has 12 heavy (non-hydrogen) atoms. The van der Waals surface area contributed by atoms with E-state index in [1.165, 1.54) is 19.2 Å². The Hall–Kier alpha value is -1.38. The summed E-state index contributed by atoms with van der Waals surface area (Å²) < 4.78 is 17.6. The zero-order valence-corrected chi connectivity index (χ0v) is 6.71. The smallest absolute Gasteiger partial charge is 0.165 e. The molecule has 0 aliphatic heterocycles. The Morgan fingerprint density at radius 3 is 2.83 bits per heavy atom. The van der Waals surface area contributed by atoms with Gasteiger partial charge in [-0.25, -0.2) is 4.39 Å². The van der Waals surface area contributed by atoms with Crippen molar-refractivity contribution in [3.63, 3.8) is 0 Å². The maximum atomic E-state index is 12.9. The molecule has 1 aromatic carbocycles. The van der Waals surface area contributed by atoms with Crippen molar-refractivity contribution in [2.45, 2.75) is 6.42 Å². The van der Waals surface area contributed by atoms with Gasteiger partial charge in [-0.15, -0.1) is 0 Å². The Morgan fingerprint density at radius 1 is 1.58 bits per heavy atom. The molecule has 0 N–H and O–H groups in total. The number of aldehydes is 1. The molecular weight excluding hydrogens is 159 g/mol. The number of hydrogen-bond acceptors (Lipinski definition) is 2. The van der Waals surface area contributed by atoms with E-state index in [9.17, 15) is 9.18 Å². The fourth-order valence-corrected chi connectivity index (χ4v) is 0.933. The van der Waals surface area contributed by atoms with Crippen molar-refractivity contribution in [2.24, 2.45) is 0 Å². The highest BCUT2D eigenvalue weighted by atomic mass is 19.1. The normalized spacial score (nSPS) is 9.50. The van der Waals surface area contributed by atoms with Gasteiger partial charge in [0.15, 0.2) is 11.6 Å². The number of methoxy groups -OCH3 is 1. The summed E-state index contributed by atoms with van der Waals surface area (Å²) in [5, 5.41) is 0. The monoisotopic (exact) mass is 168 g/mol. The molecule has 3 heteroatoms. The van der Waals surface area contributed by atoms with E-state index in [-0.39, 0.29) is 12.2 Å². The Bertz CT molecular complexity index is 284. The molecule has 1 rings (SSSR count). The van der Waals surface area contributed by atoms with Crippen molar-refractivity contribution < 1.29 is 13.9 Å². The number of hydrogen-bond donors (Lipinski definition) is 0. The van der Waals surface area contributed by atoms with Gasteiger partial charge in [0.05, 0.1) is 7.11 Å². The molecule has 0 aliphatic rings. The third kappa shape index (κ3) is 1.81. The van der Waals surface area contributed by atoms with E-state index >= 15 is 0 Å². The summed E-state index contributed by atoms with van der Waals surface area (Å²) in [6.45, 7) is 0. The number of halogens is 1. The van der Waals surface area contributed by atoms with Gasteiger partial charge in [0.1, 0.15) is 6.29 Å². The lowest BCUT2D eigenvalue weighted by Gasteiger charge is -2.01. The van der Waals surface area contributed by atoms with Crippen LogP contribution in [0.15, 0.2) is 18.2 Å². The predicted octanol–water partition coefficient (Wildman–Crippen LogP) is 1.58. The largest absolute Gasteiger partial charge is 0.494 e. The van der Waals surface area contributed by atoms with Crippen molar-refractivity contribution >= 4 is 6.29 Å². The summed E-state index contributed by atoms with van der Waals surface area (Å²) in [6, 6.07) is 4.47. The first-order valence-electron chi connectivity index (χ1n) is 3.54. The van der Waals surface area contributed by atoms with Gasteiger partial charge in [0, 0.05) is 6.42 Å². The van der Waals surface area contributed by atoms with E-state index in [4.69, 9.17) is 4.74 Å². The van der Waals surface area contributed by atoms with Crippen molar-refractivity contribution in [3.8, 4) is 5.75 Å². The molecule has 0 amide bonds. The van der Waals surface area contributed by atoms with Crippen LogP contribution < -0.4 is 4.74 Å². The Morgan fingerprint density at radius 2 is 2.33 bits per heavy atom. The zero-order valence-electron chi connectivity index (χ0n) is 6.71. The summed E-state index contributed by atoms with van der Waals surface area (Å²) in [5.41, 5.74) is 0.656. The highest BCUT2D eigenvalue weighted by molar-refractivity contribution is 5.55. The van der Waals surface area contributed by atoms with Crippen LogP contribution in [0.1, 0.15) is 5.56 Å². The lowest BCUT2D eigenvalue weighted by Crippen LogP contribution is -1.91. The van der Waals surface area contributed by atoms with Crippen molar-refractivity contribution in [3.05, 3.63) is 29.6 Å². The summed E-state index contributed by atoms with van der Waals surface area (Å²) in [7, 11) is 1.40. The molecule has 0 saturated carbocycles. The zero-order chi connectivity index (χ0) is 8.97. The number of benzene rings is 1. The highest BCUT2D eigenvalue weighted by Crippen LogP contribution is 2.17. The highest BCUT2D eigenvalue weighted by Gasteiger charge is 2.01. The molecule has 0 atom stereocenters. The van der Waals surface area contributed by atoms with E-state index in [0.717, 1.165) is 6.29 Å². The molecule has 0 radical (unpaired) electrons. The minimum Gasteiger partial charge on any atom is -0.494 e. The fourth-order valence-electron chi connectivity index (χ4n) is 0.933. The summed E-state index contributed by atoms with van der Waals surface area (Å²) in [6.07, 6.45) is 0.974. The van der Waals surface area contributed by atoms with E-state index in [0.29, 0.717) is 5.56 Å². The van der Waals surface area contributed by atoms with Crippen LogP contribution in [0.4, 0.5) is 4.39 Å². The number of carbonyl (C=O) groups is 1. The second-order valence-corrected chi connectivity index (χ2v) is 2.34. The van der Waals surface area contributed by atoms with Gasteiger partial charge in [-0.2, -0.15) is 0 Å². The molecule has 64 valence electrons. The van der Waals surface area contributed by atoms with Gasteiger partial charge in [-0.05, 0) is 17.7 Å². The maximum Gasteiger partial charge on any atom is 0.165 e. The lowest BCUT2D eigenvalue weighted by molar-refractivity contribution is -0.107. The van der Waals surface area contributed by atoms with E-state index in [2.05, 4.69) is 0 Å². The van der Waals surface area contributed by atoms with Crippen LogP contribution in [-0.4, -0.2) is 13.4 Å². The van der Waals surface area contributed by atoms with Crippen LogP contribution in [0.5, 0.6) is 5.75 Å². The van der Waals surface area contributed by atoms with Crippen LogP contribution >= 0.6 is 0 Å². The molecule has 0 bridgehead atoms. The quantitative estimate of drug-likeness (QED) is 0.640. The number of carbonyl (C=O) groups excluding carboxylic acids is 1. The van der Waals surface area contributed by atoms with Gasteiger partial charge in [-0.3, -0.25) is 0 Å². The Balaban J connectivity index is 2.93. The number of rotatable bonds is 3. The molecule has 0 fully saturated rings. The van der Waals surface area contributed by atoms with Crippen LogP contribution in [0.3, 0.4) is 0 Å². The second kappa shape index (κ2) is 3.85. The first-order valence-corrected chi connectivity index (χ1v) is 3.54. The van der Waals surface area contributed by atoms with Crippen molar-refractivity contribution in [1.82, 2.24) is 0 Å². The van der Waals surface area contributed by atoms with Crippen LogP contribution in [0, 0.1) is 5.82 Å². The summed E-state index contributed by atoms with van der Waals surface area (Å²) in [5.74, 6) is -0.235.